The van der Waals surface area contributed by atoms with E-state index >= 15 is 0 Å². The number of pyridine rings is 2. The third-order valence-corrected chi connectivity index (χ3v) is 7.87. The summed E-state index contributed by atoms with van der Waals surface area (Å²) < 4.78 is 34.9. The van der Waals surface area contributed by atoms with E-state index in [0.29, 0.717) is 60.0 Å². The first-order chi connectivity index (χ1) is 21.7. The van der Waals surface area contributed by atoms with E-state index in [-0.39, 0.29) is 29.1 Å². The van der Waals surface area contributed by atoms with E-state index in [1.165, 1.54) is 35.5 Å². The molecule has 244 valence electrons. The molecule has 1 unspecified atom stereocenters. The predicted molar refractivity (Wildman–Crippen MR) is 171 cm³/mol. The van der Waals surface area contributed by atoms with Gasteiger partial charge in [-0.05, 0) is 61.7 Å². The van der Waals surface area contributed by atoms with Crippen molar-refractivity contribution in [1.29, 1.82) is 0 Å². The van der Waals surface area contributed by atoms with Crippen LogP contribution in [0.1, 0.15) is 63.1 Å². The van der Waals surface area contributed by atoms with Crippen molar-refractivity contribution in [3.63, 3.8) is 0 Å². The number of carbonyl (C=O) groups is 3. The molecule has 4 rings (SSSR count). The van der Waals surface area contributed by atoms with Gasteiger partial charge >= 0.3 is 0 Å². The van der Waals surface area contributed by atoms with Crippen LogP contribution in [0.3, 0.4) is 0 Å². The van der Waals surface area contributed by atoms with E-state index in [0.717, 1.165) is 6.92 Å². The Balaban J connectivity index is 1.54. The molecule has 1 aliphatic rings. The number of hydrogen-bond donors (Lipinski definition) is 1. The van der Waals surface area contributed by atoms with Crippen LogP contribution in [-0.2, 0) is 10.7 Å². The molecule has 0 saturated carbocycles. The number of alkyl halides is 2. The van der Waals surface area contributed by atoms with Crippen LogP contribution in [0, 0.1) is 13.8 Å². The molecule has 1 N–H and O–H groups in total. The van der Waals surface area contributed by atoms with Crippen LogP contribution in [-0.4, -0.2) is 88.7 Å². The van der Waals surface area contributed by atoms with E-state index in [9.17, 15) is 23.2 Å². The summed E-state index contributed by atoms with van der Waals surface area (Å²) in [6.45, 7) is 11.9. The molecule has 1 aliphatic heterocycles. The minimum Gasteiger partial charge on any atom is -0.483 e. The summed E-state index contributed by atoms with van der Waals surface area (Å²) in [4.78, 5) is 51.6. The third kappa shape index (κ3) is 8.11. The van der Waals surface area contributed by atoms with Gasteiger partial charge in [-0.25, -0.2) is 18.7 Å². The summed E-state index contributed by atoms with van der Waals surface area (Å²) in [5, 5.41) is 2.75. The second-order valence-electron chi connectivity index (χ2n) is 11.8. The lowest BCUT2D eigenvalue weighted by molar-refractivity contribution is -0.130. The minimum absolute atomic E-state index is 0.0734. The Bertz CT molecular complexity index is 1620. The van der Waals surface area contributed by atoms with Gasteiger partial charge in [0, 0.05) is 65.0 Å². The maximum absolute atomic E-state index is 14.3. The summed E-state index contributed by atoms with van der Waals surface area (Å²) >= 11 is 0. The molecule has 3 heterocycles. The Morgan fingerprint density at radius 2 is 1.87 bits per heavy atom. The summed E-state index contributed by atoms with van der Waals surface area (Å²) in [6, 6.07) is 9.41. The highest BCUT2D eigenvalue weighted by atomic mass is 19.3. The predicted octanol–water partition coefficient (Wildman–Crippen LogP) is 5.00. The number of amides is 3. The van der Waals surface area contributed by atoms with E-state index < -0.39 is 17.9 Å². The van der Waals surface area contributed by atoms with Crippen molar-refractivity contribution >= 4 is 23.5 Å². The molecule has 2 aromatic heterocycles. The molecule has 12 heteroatoms. The number of benzene rings is 1. The van der Waals surface area contributed by atoms with Crippen molar-refractivity contribution in [2.24, 2.45) is 0 Å². The smallest absolute Gasteiger partial charge is 0.275 e. The molecular weight excluding hydrogens is 594 g/mol. The zero-order valence-electron chi connectivity index (χ0n) is 27.0. The summed E-state index contributed by atoms with van der Waals surface area (Å²) in [5.41, 5.74) is 2.14. The van der Waals surface area contributed by atoms with Crippen molar-refractivity contribution in [3.8, 4) is 5.75 Å². The summed E-state index contributed by atoms with van der Waals surface area (Å²) in [6.07, 6.45) is 3.49. The van der Waals surface area contributed by atoms with Gasteiger partial charge < -0.3 is 19.9 Å². The standard InChI is InChI=1S/C34H40F2N6O4/c1-8-29(43)42-13-12-41(19-23(42)4)20-28(24-10-9-11-26(16-24)34(5,35)36)46-27-15-21(2)30(37-18-27)32(44)39-31-22(3)14-25(17-38-31)33(45)40(6)7/h8-11,14-18,23,28H,1,12-13,19-20H2,2-7H3,(H,38,39,44)/t23-,28?/m1/s1. The monoisotopic (exact) mass is 634 g/mol. The van der Waals surface area contributed by atoms with Gasteiger partial charge in [0.2, 0.25) is 5.91 Å². The zero-order valence-corrected chi connectivity index (χ0v) is 27.0. The van der Waals surface area contributed by atoms with Crippen LogP contribution in [0.2, 0.25) is 0 Å². The van der Waals surface area contributed by atoms with E-state index in [1.54, 1.807) is 57.1 Å². The van der Waals surface area contributed by atoms with E-state index in [4.69, 9.17) is 4.74 Å². The zero-order chi connectivity index (χ0) is 33.8. The van der Waals surface area contributed by atoms with E-state index in [2.05, 4.69) is 26.8 Å². The maximum Gasteiger partial charge on any atom is 0.275 e. The van der Waals surface area contributed by atoms with Gasteiger partial charge in [0.1, 0.15) is 23.4 Å². The SMILES string of the molecule is C=CC(=O)N1CCN(CC(Oc2cnc(C(=O)Nc3ncc(C(=O)N(C)C)cc3C)c(C)c2)c2cccc(C(C)(F)F)c2)C[C@H]1C. The van der Waals surface area contributed by atoms with Gasteiger partial charge in [-0.2, -0.15) is 0 Å². The number of nitrogens with one attached hydrogen (secondary N) is 1. The quantitative estimate of drug-likeness (QED) is 0.313. The Kier molecular flexibility index (Phi) is 10.5. The molecule has 2 atom stereocenters. The van der Waals surface area contributed by atoms with Crippen molar-refractivity contribution in [2.75, 3.05) is 45.6 Å². The first kappa shape index (κ1) is 34.2. The van der Waals surface area contributed by atoms with E-state index in [1.807, 2.05) is 6.92 Å². The molecule has 0 spiro atoms. The summed E-state index contributed by atoms with van der Waals surface area (Å²) in [7, 11) is 3.29. The van der Waals surface area contributed by atoms with Gasteiger partial charge in [0.15, 0.2) is 0 Å². The lowest BCUT2D eigenvalue weighted by Gasteiger charge is -2.40. The number of nitrogens with zero attached hydrogens (tertiary/aromatic N) is 5. The van der Waals surface area contributed by atoms with Gasteiger partial charge in [-0.1, -0.05) is 24.8 Å². The molecule has 3 amide bonds. The lowest BCUT2D eigenvalue weighted by Crippen LogP contribution is -2.54. The Morgan fingerprint density at radius 3 is 2.48 bits per heavy atom. The minimum atomic E-state index is -3.03. The van der Waals surface area contributed by atoms with Crippen LogP contribution in [0.4, 0.5) is 14.6 Å². The average Bonchev–Trinajstić information content (AvgIpc) is 3.00. The van der Waals surface area contributed by atoms with Gasteiger partial charge in [-0.15, -0.1) is 0 Å². The second kappa shape index (κ2) is 14.2. The largest absolute Gasteiger partial charge is 0.483 e. The number of hydrogen-bond acceptors (Lipinski definition) is 7. The number of carbonyl (C=O) groups excluding carboxylic acids is 3. The highest BCUT2D eigenvalue weighted by Gasteiger charge is 2.30. The molecule has 10 nitrogen and oxygen atoms in total. The molecule has 3 aromatic rings. The normalized spacial score (nSPS) is 16.0. The van der Waals surface area contributed by atoms with Crippen LogP contribution in [0.15, 0.2) is 61.4 Å². The molecule has 1 fully saturated rings. The molecule has 0 aliphatic carbocycles. The summed E-state index contributed by atoms with van der Waals surface area (Å²) in [5.74, 6) is -3.18. The highest BCUT2D eigenvalue weighted by Crippen LogP contribution is 2.31. The Labute approximate surface area is 268 Å². The van der Waals surface area contributed by atoms with Gasteiger partial charge in [-0.3, -0.25) is 19.3 Å². The number of ether oxygens (including phenoxy) is 1. The number of halogens is 2. The number of rotatable bonds is 10. The first-order valence-corrected chi connectivity index (χ1v) is 14.9. The van der Waals surface area contributed by atoms with Crippen molar-refractivity contribution < 1.29 is 27.9 Å². The van der Waals surface area contributed by atoms with Crippen LogP contribution >= 0.6 is 0 Å². The fourth-order valence-corrected chi connectivity index (χ4v) is 5.36. The van der Waals surface area contributed by atoms with Crippen molar-refractivity contribution in [1.82, 2.24) is 24.7 Å². The van der Waals surface area contributed by atoms with Gasteiger partial charge in [0.05, 0.1) is 11.8 Å². The number of aromatic nitrogens is 2. The van der Waals surface area contributed by atoms with Crippen LogP contribution in [0.25, 0.3) is 0 Å². The fraction of sp³-hybridized carbons (Fsp3) is 0.382. The molecular formula is C34H40F2N6O4. The Hall–Kier alpha value is -4.71. The lowest BCUT2D eigenvalue weighted by atomic mass is 10.0. The fourth-order valence-electron chi connectivity index (χ4n) is 5.36. The number of anilines is 1. The maximum atomic E-state index is 14.3. The number of piperazine rings is 1. The van der Waals surface area contributed by atoms with Gasteiger partial charge in [0.25, 0.3) is 17.7 Å². The van der Waals surface area contributed by atoms with Crippen LogP contribution < -0.4 is 10.1 Å². The van der Waals surface area contributed by atoms with Crippen molar-refractivity contribution in [3.05, 3.63) is 95.0 Å². The third-order valence-electron chi connectivity index (χ3n) is 7.87. The highest BCUT2D eigenvalue weighted by molar-refractivity contribution is 6.04. The van der Waals surface area contributed by atoms with Crippen LogP contribution in [0.5, 0.6) is 5.75 Å². The Morgan fingerprint density at radius 1 is 1.13 bits per heavy atom. The molecule has 46 heavy (non-hydrogen) atoms. The second-order valence-corrected chi connectivity index (χ2v) is 11.8. The molecule has 1 saturated heterocycles. The molecule has 0 bridgehead atoms. The topological polar surface area (TPSA) is 108 Å². The van der Waals surface area contributed by atoms with Crippen molar-refractivity contribution in [2.45, 2.75) is 45.8 Å². The molecule has 1 aromatic carbocycles. The molecule has 0 radical (unpaired) electrons. The first-order valence-electron chi connectivity index (χ1n) is 14.9. The number of aryl methyl sites for hydroxylation is 2. The average molecular weight is 635 g/mol.